The van der Waals surface area contributed by atoms with Gasteiger partial charge in [-0.15, -0.1) is 0 Å². The maximum atomic E-state index is 13.7. The summed E-state index contributed by atoms with van der Waals surface area (Å²) in [6.45, 7) is 30.9. The lowest BCUT2D eigenvalue weighted by Gasteiger charge is -2.38. The highest BCUT2D eigenvalue weighted by atomic mass is 35.5. The molecule has 0 saturated carbocycles. The first-order valence-corrected chi connectivity index (χ1v) is 43.8. The number of hydrogen-bond acceptors (Lipinski definition) is 18. The largest absolute Gasteiger partial charge is 0.495 e. The number of H-pyrrole nitrogens is 2. The normalized spacial score (nSPS) is 16.9. The summed E-state index contributed by atoms with van der Waals surface area (Å²) in [5.74, 6) is 0.423. The Morgan fingerprint density at radius 3 is 1.84 bits per heavy atom. The Bertz CT molecular complexity index is 6260. The number of aromatic amines is 2. The van der Waals surface area contributed by atoms with Gasteiger partial charge in [-0.1, -0.05) is 106 Å². The van der Waals surface area contributed by atoms with Crippen LogP contribution in [0.5, 0.6) is 17.2 Å². The number of fused-ring (bicyclic) bond motifs is 16. The summed E-state index contributed by atoms with van der Waals surface area (Å²) in [6.07, 6.45) is 5.61. The molecule has 27 nitrogen and oxygen atoms in total. The number of hydrogen-bond donors (Lipinski definition) is 11. The lowest BCUT2D eigenvalue weighted by molar-refractivity contribution is -0.189. The molecule has 2 bridgehead atoms. The number of nitriles is 1. The molecule has 0 unspecified atom stereocenters. The van der Waals surface area contributed by atoms with Gasteiger partial charge >= 0.3 is 0 Å². The van der Waals surface area contributed by atoms with E-state index in [1.807, 2.05) is 96.3 Å². The highest BCUT2D eigenvalue weighted by Crippen LogP contribution is 2.58. The fourth-order valence-electron chi connectivity index (χ4n) is 17.8. The van der Waals surface area contributed by atoms with Crippen molar-refractivity contribution >= 4 is 165 Å². The predicted octanol–water partition coefficient (Wildman–Crippen LogP) is 16.1. The average molecular weight is 1790 g/mol. The number of carbonyl (C=O) groups excluding carboxylic acids is 5. The monoisotopic (exact) mass is 1780 g/mol. The molecule has 0 spiro atoms. The zero-order chi connectivity index (χ0) is 90.6. The van der Waals surface area contributed by atoms with E-state index in [0.717, 1.165) is 166 Å². The van der Waals surface area contributed by atoms with Crippen molar-refractivity contribution in [3.63, 3.8) is 0 Å². The quantitative estimate of drug-likeness (QED) is 0.0160. The van der Waals surface area contributed by atoms with Crippen molar-refractivity contribution in [1.82, 2.24) is 60.1 Å². The fourth-order valence-corrected chi connectivity index (χ4v) is 18.5. The molecule has 5 amide bonds. The van der Waals surface area contributed by atoms with Gasteiger partial charge in [0.15, 0.2) is 17.2 Å². The first-order valence-electron chi connectivity index (χ1n) is 42.7. The minimum absolute atomic E-state index is 0.0555. The summed E-state index contributed by atoms with van der Waals surface area (Å²) in [4.78, 5) is 81.1. The van der Waals surface area contributed by atoms with Crippen LogP contribution in [0.4, 0.5) is 27.1 Å². The van der Waals surface area contributed by atoms with Crippen LogP contribution in [-0.2, 0) is 26.6 Å². The summed E-state index contributed by atoms with van der Waals surface area (Å²) in [6, 6.07) is 34.7. The van der Waals surface area contributed by atoms with Crippen molar-refractivity contribution < 1.29 is 57.5 Å². The molecule has 1 saturated heterocycles. The molecule has 11 N–H and O–H groups in total. The number of anilines is 4. The number of rotatable bonds is 28. The zero-order valence-electron chi connectivity index (χ0n) is 73.4. The van der Waals surface area contributed by atoms with Crippen molar-refractivity contribution in [3.8, 4) is 23.3 Å². The number of benzene rings is 7. The number of para-hydroxylation sites is 2. The fraction of sp³-hybridized carbons (Fsp3) is 0.344. The molecule has 5 aliphatic rings. The third-order valence-electron chi connectivity index (χ3n) is 24.7. The second kappa shape index (κ2) is 38.8. The number of aromatic nitrogens is 5. The van der Waals surface area contributed by atoms with Crippen LogP contribution in [0.25, 0.3) is 77.8 Å². The second-order valence-electron chi connectivity index (χ2n) is 32.0. The number of halogens is 4. The molecular formula is C96H106Cl3FN16O11. The molecule has 5 aliphatic heterocycles. The number of nitrogens with zero attached hydrogens (tertiary/aromatic N) is 7. The van der Waals surface area contributed by atoms with Crippen LogP contribution in [0.2, 0.25) is 15.1 Å². The molecule has 10 heterocycles. The topological polar surface area (TPSA) is 335 Å². The lowest BCUT2D eigenvalue weighted by Crippen LogP contribution is -2.53. The van der Waals surface area contributed by atoms with Crippen LogP contribution in [-0.4, -0.2) is 197 Å². The Hall–Kier alpha value is -11.9. The van der Waals surface area contributed by atoms with E-state index < -0.39 is 30.0 Å². The highest BCUT2D eigenvalue weighted by Gasteiger charge is 2.61. The van der Waals surface area contributed by atoms with E-state index in [4.69, 9.17) is 53.8 Å². The third-order valence-corrected chi connectivity index (χ3v) is 25.6. The first-order chi connectivity index (χ1) is 61.1. The molecule has 5 aromatic heterocycles. The highest BCUT2D eigenvalue weighted by molar-refractivity contribution is 6.39. The van der Waals surface area contributed by atoms with E-state index >= 15 is 0 Å². The number of amides is 5. The number of carbonyl (C=O) groups is 5. The van der Waals surface area contributed by atoms with Crippen molar-refractivity contribution in [3.05, 3.63) is 209 Å². The standard InChI is InChI=1S/C26H31Cl2N5O3.C26H21N3O4.C22H27ClN4O2.C22H27FN4O2/c1-5-33(9-7-30-2)8-6-10-36-25-13-21-18(11-24(25)35-4)26(17(15-29)16-31-21)32-22-14-23(34-3)20(28)12-19(22)27;1-25-26(32,12-30)10-18(33-25)28-16-8-4-2-6-13(16)20-21-15(11-27-24(21)31)19-14-7-3-5-9-17(14)29(25)23(19)22(20)28;2*1-5-27(6-2)10-9-24-22(29)20-13(3)19(25-14(20)4)12-17-16-11-15(23)7-8-18(16)26-21(17)28/h11-14,16,30H,5-10H2,1-4H3,(H,31,32);2-9,18,30,32H,10-12H2,1H3,(H,27,31);2*7-8,11-12,25H,5-6,9-10H2,1-4H3,(H,24,29)(H,26,28)/t;18-,25-,26-;;/m.1../s1. The molecule has 0 radical (unpaired) electrons. The van der Waals surface area contributed by atoms with Gasteiger partial charge in [-0.3, -0.25) is 29.0 Å². The number of pyridine rings is 1. The van der Waals surface area contributed by atoms with Gasteiger partial charge in [-0.25, -0.2) is 4.39 Å². The molecular weight excluding hydrogens is 1680 g/mol. The van der Waals surface area contributed by atoms with Crippen LogP contribution >= 0.6 is 34.8 Å². The Kier molecular flexibility index (Phi) is 27.9. The average Bonchev–Trinajstić information content (AvgIpc) is 1.49. The molecule has 12 aromatic rings. The van der Waals surface area contributed by atoms with E-state index in [0.29, 0.717) is 126 Å². The number of aryl methyl sites for hydroxylation is 2. The van der Waals surface area contributed by atoms with Gasteiger partial charge in [-0.2, -0.15) is 5.26 Å². The summed E-state index contributed by atoms with van der Waals surface area (Å²) in [7, 11) is 5.06. The van der Waals surface area contributed by atoms with Gasteiger partial charge in [0.1, 0.15) is 29.5 Å². The number of methoxy groups -OCH3 is 2. The molecule has 1 fully saturated rings. The van der Waals surface area contributed by atoms with Crippen molar-refractivity contribution in [2.45, 2.75) is 106 Å². The molecule has 0 aliphatic carbocycles. The van der Waals surface area contributed by atoms with Crippen LogP contribution in [0, 0.1) is 44.8 Å². The smallest absolute Gasteiger partial charge is 0.256 e. The van der Waals surface area contributed by atoms with Gasteiger partial charge in [0.05, 0.1) is 110 Å². The first kappa shape index (κ1) is 91.4. The summed E-state index contributed by atoms with van der Waals surface area (Å²) >= 11 is 18.7. The van der Waals surface area contributed by atoms with Gasteiger partial charge in [0.2, 0.25) is 0 Å². The second-order valence-corrected chi connectivity index (χ2v) is 33.2. The van der Waals surface area contributed by atoms with Crippen LogP contribution in [0.1, 0.15) is 148 Å². The van der Waals surface area contributed by atoms with E-state index in [-0.39, 0.29) is 36.0 Å². The van der Waals surface area contributed by atoms with E-state index in [1.165, 1.54) is 25.4 Å². The van der Waals surface area contributed by atoms with E-state index in [1.54, 1.807) is 55.7 Å². The van der Waals surface area contributed by atoms with E-state index in [2.05, 4.69) is 123 Å². The number of aliphatic hydroxyl groups is 2. The molecule has 3 atom stereocenters. The summed E-state index contributed by atoms with van der Waals surface area (Å²) < 4.78 is 41.5. The maximum Gasteiger partial charge on any atom is 0.256 e. The van der Waals surface area contributed by atoms with Gasteiger partial charge in [0, 0.05) is 154 Å². The van der Waals surface area contributed by atoms with Crippen molar-refractivity contribution in [2.24, 2.45) is 0 Å². The molecule has 127 heavy (non-hydrogen) atoms. The Morgan fingerprint density at radius 1 is 0.685 bits per heavy atom. The number of aliphatic hydroxyl groups excluding tert-OH is 1. The van der Waals surface area contributed by atoms with Crippen LogP contribution < -0.4 is 51.4 Å². The van der Waals surface area contributed by atoms with Crippen LogP contribution in [0.15, 0.2) is 115 Å². The van der Waals surface area contributed by atoms with Gasteiger partial charge in [-0.05, 0) is 170 Å². The Morgan fingerprint density at radius 2 is 1.26 bits per heavy atom. The maximum absolute atomic E-state index is 13.7. The molecule has 31 heteroatoms. The molecule has 7 aromatic carbocycles. The predicted molar refractivity (Wildman–Crippen MR) is 501 cm³/mol. The van der Waals surface area contributed by atoms with Crippen LogP contribution in [0.3, 0.4) is 0 Å². The van der Waals surface area contributed by atoms with Crippen molar-refractivity contribution in [2.75, 3.05) is 129 Å². The minimum Gasteiger partial charge on any atom is -0.495 e. The van der Waals surface area contributed by atoms with Crippen molar-refractivity contribution in [1.29, 1.82) is 5.26 Å². The third kappa shape index (κ3) is 17.7. The summed E-state index contributed by atoms with van der Waals surface area (Å²) in [5, 5.41) is 58.9. The minimum atomic E-state index is -1.48. The Labute approximate surface area is 750 Å². The Balaban J connectivity index is 0.000000138. The SMILES string of the molecule is CCN(CC)CCNC(=O)c1c(C)[nH]c(C=C2C(=O)Nc3ccc(Cl)cc32)c1C.CCN(CC)CCNC(=O)c1c(C)[nH]c(C=C2C(=O)Nc3ccc(F)cc32)c1C.CCN(CCCOc1cc2ncc(C#N)c(Nc3cc(OC)c(Cl)cc3Cl)c2cc1OC)CCNC.C[C@@]12O[C@H](C[C@@]1(O)CO)n1c3ccccc3c3c4c(c5c6ccccc6n2c5c31)CNC4=O. The van der Waals surface area contributed by atoms with Gasteiger partial charge < -0.3 is 100 Å². The number of ether oxygens (including phenoxy) is 4. The molecule has 17 rings (SSSR count). The van der Waals surface area contributed by atoms with Gasteiger partial charge in [0.25, 0.3) is 29.5 Å². The van der Waals surface area contributed by atoms with E-state index in [9.17, 15) is 43.8 Å². The number of nitrogens with one attached hydrogen (secondary N) is 9. The summed E-state index contributed by atoms with van der Waals surface area (Å²) in [5.41, 5.74) is 14.1. The molecule has 664 valence electrons. The lowest BCUT2D eigenvalue weighted by atomic mass is 9.89. The number of likely N-dealkylation sites (N-methyl/N-ethyl adjacent to an activating group) is 4. The zero-order valence-corrected chi connectivity index (χ0v) is 75.7.